The van der Waals surface area contributed by atoms with Gasteiger partial charge in [-0.25, -0.2) is 4.79 Å². The number of amides is 2. The predicted octanol–water partition coefficient (Wildman–Crippen LogP) is 1.10. The van der Waals surface area contributed by atoms with Gasteiger partial charge in [-0.1, -0.05) is 12.1 Å². The van der Waals surface area contributed by atoms with Gasteiger partial charge in [-0.3, -0.25) is 9.59 Å². The smallest absolute Gasteiger partial charge is 0.338 e. The Morgan fingerprint density at radius 1 is 1.23 bits per heavy atom. The van der Waals surface area contributed by atoms with Crippen LogP contribution in [0.3, 0.4) is 0 Å². The van der Waals surface area contributed by atoms with Crippen molar-refractivity contribution in [2.24, 2.45) is 0 Å². The quantitative estimate of drug-likeness (QED) is 0.771. The minimum atomic E-state index is -0.674. The van der Waals surface area contributed by atoms with Gasteiger partial charge in [0.05, 0.1) is 5.56 Å². The van der Waals surface area contributed by atoms with Gasteiger partial charge >= 0.3 is 5.97 Å². The van der Waals surface area contributed by atoms with Crippen LogP contribution < -0.4 is 10.6 Å². The Labute approximate surface area is 130 Å². The number of aryl methyl sites for hydroxylation is 1. The molecule has 0 radical (unpaired) electrons. The number of esters is 1. The van der Waals surface area contributed by atoms with Gasteiger partial charge in [0.1, 0.15) is 6.04 Å². The first-order chi connectivity index (χ1) is 10.4. The van der Waals surface area contributed by atoms with Gasteiger partial charge in [0.15, 0.2) is 6.61 Å². The summed E-state index contributed by atoms with van der Waals surface area (Å²) >= 11 is 0. The Morgan fingerprint density at radius 3 is 2.55 bits per heavy atom. The summed E-state index contributed by atoms with van der Waals surface area (Å²) in [4.78, 5) is 35.1. The van der Waals surface area contributed by atoms with Crippen LogP contribution in [0.25, 0.3) is 0 Å². The third-order valence-electron chi connectivity index (χ3n) is 3.28. The maximum Gasteiger partial charge on any atom is 0.338 e. The standard InChI is InChI=1S/C16H22N2O4/c1-5-17-15(20)12(4)18-14(19)9-22-16(21)13-8-6-7-10(2)11(13)3/h6-8,12H,5,9H2,1-4H3,(H,17,20)(H,18,19)/t12-/m1/s1. The fourth-order valence-corrected chi connectivity index (χ4v) is 1.86. The summed E-state index contributed by atoms with van der Waals surface area (Å²) in [5.41, 5.74) is 2.23. The van der Waals surface area contributed by atoms with Crippen LogP contribution in [0.4, 0.5) is 0 Å². The molecule has 2 N–H and O–H groups in total. The Balaban J connectivity index is 2.52. The maximum atomic E-state index is 12.0. The molecule has 0 aliphatic heterocycles. The van der Waals surface area contributed by atoms with Gasteiger partial charge in [0.25, 0.3) is 5.91 Å². The molecule has 1 aromatic carbocycles. The second-order valence-corrected chi connectivity index (χ2v) is 5.01. The minimum absolute atomic E-state index is 0.281. The zero-order valence-electron chi connectivity index (χ0n) is 13.4. The number of hydrogen-bond acceptors (Lipinski definition) is 4. The fraction of sp³-hybridized carbons (Fsp3) is 0.438. The zero-order valence-corrected chi connectivity index (χ0v) is 13.4. The minimum Gasteiger partial charge on any atom is -0.452 e. The maximum absolute atomic E-state index is 12.0. The fourth-order valence-electron chi connectivity index (χ4n) is 1.86. The summed E-state index contributed by atoms with van der Waals surface area (Å²) < 4.78 is 4.98. The molecule has 1 atom stereocenters. The molecule has 2 amide bonds. The van der Waals surface area contributed by atoms with Gasteiger partial charge < -0.3 is 15.4 Å². The number of ether oxygens (including phenoxy) is 1. The van der Waals surface area contributed by atoms with Crippen molar-refractivity contribution in [1.29, 1.82) is 0 Å². The van der Waals surface area contributed by atoms with Gasteiger partial charge in [0.2, 0.25) is 5.91 Å². The first-order valence-corrected chi connectivity index (χ1v) is 7.17. The lowest BCUT2D eigenvalue weighted by atomic mass is 10.0. The van der Waals surface area contributed by atoms with Crippen LogP contribution in [0.15, 0.2) is 18.2 Å². The lowest BCUT2D eigenvalue weighted by Gasteiger charge is -2.13. The highest BCUT2D eigenvalue weighted by atomic mass is 16.5. The molecule has 0 heterocycles. The molecule has 6 heteroatoms. The van der Waals surface area contributed by atoms with Crippen LogP contribution >= 0.6 is 0 Å². The molecule has 6 nitrogen and oxygen atoms in total. The Hall–Kier alpha value is -2.37. The third kappa shape index (κ3) is 4.87. The molecule has 1 aromatic rings. The van der Waals surface area contributed by atoms with Crippen molar-refractivity contribution in [3.8, 4) is 0 Å². The van der Waals surface area contributed by atoms with E-state index in [2.05, 4.69) is 10.6 Å². The molecule has 0 spiro atoms. The Morgan fingerprint density at radius 2 is 1.91 bits per heavy atom. The van der Waals surface area contributed by atoms with E-state index in [0.29, 0.717) is 12.1 Å². The monoisotopic (exact) mass is 306 g/mol. The first kappa shape index (κ1) is 17.7. The van der Waals surface area contributed by atoms with Crippen LogP contribution in [-0.2, 0) is 14.3 Å². The highest BCUT2D eigenvalue weighted by Gasteiger charge is 2.17. The summed E-state index contributed by atoms with van der Waals surface area (Å²) in [5.74, 6) is -1.35. The summed E-state index contributed by atoms with van der Waals surface area (Å²) in [7, 11) is 0. The zero-order chi connectivity index (χ0) is 16.7. The van der Waals surface area contributed by atoms with E-state index in [1.54, 1.807) is 26.0 Å². The van der Waals surface area contributed by atoms with Gasteiger partial charge in [-0.2, -0.15) is 0 Å². The second kappa shape index (κ2) is 8.17. The van der Waals surface area contributed by atoms with Crippen molar-refractivity contribution in [2.75, 3.05) is 13.2 Å². The summed E-state index contributed by atoms with van der Waals surface area (Å²) in [6, 6.07) is 4.63. The molecule has 1 rings (SSSR count). The topological polar surface area (TPSA) is 84.5 Å². The highest BCUT2D eigenvalue weighted by Crippen LogP contribution is 2.13. The number of benzene rings is 1. The van der Waals surface area contributed by atoms with E-state index in [0.717, 1.165) is 11.1 Å². The number of rotatable bonds is 6. The van der Waals surface area contributed by atoms with Crippen molar-refractivity contribution >= 4 is 17.8 Å². The number of hydrogen-bond donors (Lipinski definition) is 2. The van der Waals surface area contributed by atoms with E-state index in [9.17, 15) is 14.4 Å². The largest absolute Gasteiger partial charge is 0.452 e. The number of nitrogens with one attached hydrogen (secondary N) is 2. The van der Waals surface area contributed by atoms with E-state index in [1.807, 2.05) is 19.9 Å². The summed E-state index contributed by atoms with van der Waals surface area (Å²) in [6.07, 6.45) is 0. The molecule has 0 bridgehead atoms. The van der Waals surface area contributed by atoms with E-state index < -0.39 is 24.5 Å². The Bertz CT molecular complexity index is 569. The number of carbonyl (C=O) groups excluding carboxylic acids is 3. The number of likely N-dealkylation sites (N-methyl/N-ethyl adjacent to an activating group) is 1. The van der Waals surface area contributed by atoms with Gasteiger partial charge in [-0.15, -0.1) is 0 Å². The normalized spacial score (nSPS) is 11.5. The molecular weight excluding hydrogens is 284 g/mol. The average molecular weight is 306 g/mol. The van der Waals surface area contributed by atoms with Crippen molar-refractivity contribution in [3.05, 3.63) is 34.9 Å². The SMILES string of the molecule is CCNC(=O)[C@@H](C)NC(=O)COC(=O)c1cccc(C)c1C. The van der Waals surface area contributed by atoms with E-state index in [1.165, 1.54) is 0 Å². The van der Waals surface area contributed by atoms with E-state index in [4.69, 9.17) is 4.74 Å². The highest BCUT2D eigenvalue weighted by molar-refractivity contribution is 5.93. The van der Waals surface area contributed by atoms with Crippen molar-refractivity contribution in [3.63, 3.8) is 0 Å². The summed E-state index contributed by atoms with van der Waals surface area (Å²) in [6.45, 7) is 7.14. The molecule has 22 heavy (non-hydrogen) atoms. The van der Waals surface area contributed by atoms with E-state index in [-0.39, 0.29) is 5.91 Å². The molecule has 0 fully saturated rings. The van der Waals surface area contributed by atoms with Crippen LogP contribution in [0.2, 0.25) is 0 Å². The summed E-state index contributed by atoms with van der Waals surface area (Å²) in [5, 5.41) is 5.06. The molecule has 0 aromatic heterocycles. The molecule has 0 saturated heterocycles. The lowest BCUT2D eigenvalue weighted by Crippen LogP contribution is -2.46. The molecule has 0 saturated carbocycles. The van der Waals surface area contributed by atoms with Gasteiger partial charge in [-0.05, 0) is 44.9 Å². The molecule has 120 valence electrons. The molecule has 0 aliphatic rings. The molecule has 0 unspecified atom stereocenters. The second-order valence-electron chi connectivity index (χ2n) is 5.01. The predicted molar refractivity (Wildman–Crippen MR) is 82.5 cm³/mol. The van der Waals surface area contributed by atoms with Crippen molar-refractivity contribution < 1.29 is 19.1 Å². The number of carbonyl (C=O) groups is 3. The van der Waals surface area contributed by atoms with Crippen LogP contribution in [0, 0.1) is 13.8 Å². The van der Waals surface area contributed by atoms with Crippen LogP contribution in [0.5, 0.6) is 0 Å². The Kier molecular flexibility index (Phi) is 6.56. The molecular formula is C16H22N2O4. The third-order valence-corrected chi connectivity index (χ3v) is 3.28. The first-order valence-electron chi connectivity index (χ1n) is 7.17. The molecule has 0 aliphatic carbocycles. The average Bonchev–Trinajstić information content (AvgIpc) is 2.47. The van der Waals surface area contributed by atoms with E-state index >= 15 is 0 Å². The van der Waals surface area contributed by atoms with Crippen LogP contribution in [-0.4, -0.2) is 37.0 Å². The van der Waals surface area contributed by atoms with Gasteiger partial charge in [0, 0.05) is 6.54 Å². The van der Waals surface area contributed by atoms with Crippen molar-refractivity contribution in [2.45, 2.75) is 33.7 Å². The van der Waals surface area contributed by atoms with Crippen LogP contribution in [0.1, 0.15) is 35.3 Å². The van der Waals surface area contributed by atoms with Crippen molar-refractivity contribution in [1.82, 2.24) is 10.6 Å². The lowest BCUT2D eigenvalue weighted by molar-refractivity contribution is -0.130.